The van der Waals surface area contributed by atoms with Gasteiger partial charge in [-0.2, -0.15) is 0 Å². The van der Waals surface area contributed by atoms with Crippen LogP contribution in [-0.4, -0.2) is 17.1 Å². The molecule has 0 radical (unpaired) electrons. The van der Waals surface area contributed by atoms with E-state index in [1.165, 1.54) is 0 Å². The van der Waals surface area contributed by atoms with Crippen molar-refractivity contribution in [1.29, 1.82) is 0 Å². The van der Waals surface area contributed by atoms with Crippen LogP contribution in [0.2, 0.25) is 0 Å². The number of nitrogens with one attached hydrogen (secondary N) is 1. The van der Waals surface area contributed by atoms with Gasteiger partial charge in [-0.3, -0.25) is 0 Å². The lowest BCUT2D eigenvalue weighted by Gasteiger charge is -2.09. The van der Waals surface area contributed by atoms with E-state index in [4.69, 9.17) is 4.74 Å². The highest BCUT2D eigenvalue weighted by molar-refractivity contribution is 14.1. The molecule has 4 nitrogen and oxygen atoms in total. The first-order valence-electron chi connectivity index (χ1n) is 5.13. The summed E-state index contributed by atoms with van der Waals surface area (Å²) in [6, 6.07) is 7.88. The van der Waals surface area contributed by atoms with Crippen molar-refractivity contribution in [2.75, 3.05) is 12.4 Å². The van der Waals surface area contributed by atoms with Crippen LogP contribution in [-0.2, 0) is 6.54 Å². The number of ether oxygens (including phenoxy) is 1. The number of para-hydroxylation sites is 1. The summed E-state index contributed by atoms with van der Waals surface area (Å²) < 4.78 is 6.29. The predicted octanol–water partition coefficient (Wildman–Crippen LogP) is 2.70. The minimum absolute atomic E-state index is 0.622. The summed E-state index contributed by atoms with van der Waals surface area (Å²) in [5.41, 5.74) is 1.08. The molecule has 0 bridgehead atoms. The molecule has 0 fully saturated rings. The van der Waals surface area contributed by atoms with Crippen LogP contribution >= 0.6 is 22.6 Å². The van der Waals surface area contributed by atoms with Gasteiger partial charge in [-0.15, -0.1) is 0 Å². The van der Waals surface area contributed by atoms with Crippen molar-refractivity contribution in [1.82, 2.24) is 9.97 Å². The first-order chi connectivity index (χ1) is 8.29. The fraction of sp³-hybridized carbons (Fsp3) is 0.167. The number of rotatable bonds is 4. The van der Waals surface area contributed by atoms with E-state index < -0.39 is 0 Å². The van der Waals surface area contributed by atoms with Gasteiger partial charge >= 0.3 is 0 Å². The zero-order chi connectivity index (χ0) is 12.1. The highest BCUT2D eigenvalue weighted by Gasteiger charge is 2.02. The van der Waals surface area contributed by atoms with Gasteiger partial charge in [0.2, 0.25) is 5.95 Å². The maximum absolute atomic E-state index is 5.27. The van der Waals surface area contributed by atoms with Crippen molar-refractivity contribution in [3.63, 3.8) is 0 Å². The van der Waals surface area contributed by atoms with E-state index in [9.17, 15) is 0 Å². The van der Waals surface area contributed by atoms with E-state index in [-0.39, 0.29) is 0 Å². The highest BCUT2D eigenvalue weighted by Crippen LogP contribution is 2.17. The van der Waals surface area contributed by atoms with Crippen LogP contribution in [0.3, 0.4) is 0 Å². The molecule has 0 saturated carbocycles. The molecule has 0 spiro atoms. The molecule has 0 aliphatic rings. The average molecular weight is 341 g/mol. The molecule has 1 aromatic carbocycles. The monoisotopic (exact) mass is 341 g/mol. The van der Waals surface area contributed by atoms with Gasteiger partial charge in [-0.1, -0.05) is 18.2 Å². The van der Waals surface area contributed by atoms with E-state index in [1.54, 1.807) is 19.5 Å². The fourth-order valence-corrected chi connectivity index (χ4v) is 1.71. The molecule has 1 heterocycles. The van der Waals surface area contributed by atoms with Crippen molar-refractivity contribution in [3.8, 4) is 5.75 Å². The van der Waals surface area contributed by atoms with Crippen molar-refractivity contribution >= 4 is 28.5 Å². The Labute approximate surface area is 114 Å². The van der Waals surface area contributed by atoms with Crippen LogP contribution in [0, 0.1) is 3.57 Å². The third kappa shape index (κ3) is 3.29. The first-order valence-corrected chi connectivity index (χ1v) is 6.21. The molecule has 17 heavy (non-hydrogen) atoms. The van der Waals surface area contributed by atoms with Crippen LogP contribution in [0.5, 0.6) is 5.75 Å². The van der Waals surface area contributed by atoms with E-state index >= 15 is 0 Å². The van der Waals surface area contributed by atoms with E-state index in [1.807, 2.05) is 24.3 Å². The summed E-state index contributed by atoms with van der Waals surface area (Å²) in [6.45, 7) is 0.643. The smallest absolute Gasteiger partial charge is 0.222 e. The van der Waals surface area contributed by atoms with Gasteiger partial charge in [0.25, 0.3) is 0 Å². The summed E-state index contributed by atoms with van der Waals surface area (Å²) in [5.74, 6) is 1.49. The predicted molar refractivity (Wildman–Crippen MR) is 75.1 cm³/mol. The van der Waals surface area contributed by atoms with Crippen molar-refractivity contribution in [2.24, 2.45) is 0 Å². The van der Waals surface area contributed by atoms with Crippen LogP contribution in [0.25, 0.3) is 0 Å². The number of methoxy groups -OCH3 is 1. The molecule has 5 heteroatoms. The van der Waals surface area contributed by atoms with Gasteiger partial charge in [-0.25, -0.2) is 9.97 Å². The third-order valence-corrected chi connectivity index (χ3v) is 2.81. The summed E-state index contributed by atoms with van der Waals surface area (Å²) in [7, 11) is 1.67. The Balaban J connectivity index is 2.04. The molecule has 0 amide bonds. The number of anilines is 1. The van der Waals surface area contributed by atoms with Crippen LogP contribution in [0.1, 0.15) is 5.56 Å². The number of hydrogen-bond donors (Lipinski definition) is 1. The Morgan fingerprint density at radius 3 is 2.65 bits per heavy atom. The van der Waals surface area contributed by atoms with Crippen LogP contribution in [0.15, 0.2) is 36.7 Å². The molecule has 0 aliphatic carbocycles. The molecule has 0 aliphatic heterocycles. The first kappa shape index (κ1) is 12.1. The van der Waals surface area contributed by atoms with Crippen LogP contribution in [0.4, 0.5) is 5.95 Å². The van der Waals surface area contributed by atoms with Gasteiger partial charge in [0.1, 0.15) is 5.75 Å². The summed E-state index contributed by atoms with van der Waals surface area (Å²) >= 11 is 2.17. The summed E-state index contributed by atoms with van der Waals surface area (Å²) in [6.07, 6.45) is 3.55. The standard InChI is InChI=1S/C12H12IN3O/c1-17-11-5-3-2-4-9(11)6-14-12-15-7-10(13)8-16-12/h2-5,7-8H,6H2,1H3,(H,14,15,16). The molecule has 2 aromatic rings. The average Bonchev–Trinajstić information content (AvgIpc) is 2.38. The van der Waals surface area contributed by atoms with Crippen molar-refractivity contribution < 1.29 is 4.74 Å². The Kier molecular flexibility index (Phi) is 4.13. The zero-order valence-corrected chi connectivity index (χ0v) is 11.5. The molecule has 1 N–H and O–H groups in total. The molecule has 0 unspecified atom stereocenters. The second-order valence-corrected chi connectivity index (χ2v) is 4.64. The molecule has 0 atom stereocenters. The highest BCUT2D eigenvalue weighted by atomic mass is 127. The Hall–Kier alpha value is -1.37. The maximum Gasteiger partial charge on any atom is 0.222 e. The van der Waals surface area contributed by atoms with Gasteiger partial charge in [0.05, 0.1) is 7.11 Å². The minimum atomic E-state index is 0.622. The lowest BCUT2D eigenvalue weighted by molar-refractivity contribution is 0.410. The van der Waals surface area contributed by atoms with Crippen LogP contribution < -0.4 is 10.1 Å². The molecule has 2 rings (SSSR count). The third-order valence-electron chi connectivity index (χ3n) is 2.25. The Morgan fingerprint density at radius 1 is 1.24 bits per heavy atom. The normalized spacial score (nSPS) is 10.0. The summed E-state index contributed by atoms with van der Waals surface area (Å²) in [4.78, 5) is 8.36. The quantitative estimate of drug-likeness (QED) is 0.869. The topological polar surface area (TPSA) is 47.0 Å². The largest absolute Gasteiger partial charge is 0.496 e. The van der Waals surface area contributed by atoms with Gasteiger partial charge in [0, 0.05) is 28.1 Å². The molecule has 1 aromatic heterocycles. The molecular weight excluding hydrogens is 329 g/mol. The zero-order valence-electron chi connectivity index (χ0n) is 9.35. The van der Waals surface area contributed by atoms with Crippen molar-refractivity contribution in [3.05, 3.63) is 45.8 Å². The second-order valence-electron chi connectivity index (χ2n) is 3.39. The lowest BCUT2D eigenvalue weighted by atomic mass is 10.2. The lowest BCUT2D eigenvalue weighted by Crippen LogP contribution is -2.04. The minimum Gasteiger partial charge on any atom is -0.496 e. The SMILES string of the molecule is COc1ccccc1CNc1ncc(I)cn1. The number of nitrogens with zero attached hydrogens (tertiary/aromatic N) is 2. The molecular formula is C12H12IN3O. The Bertz CT molecular complexity index is 487. The van der Waals surface area contributed by atoms with E-state index in [0.29, 0.717) is 12.5 Å². The second kappa shape index (κ2) is 5.81. The van der Waals surface area contributed by atoms with Gasteiger partial charge < -0.3 is 10.1 Å². The van der Waals surface area contributed by atoms with E-state index in [2.05, 4.69) is 37.9 Å². The molecule has 88 valence electrons. The summed E-state index contributed by atoms with van der Waals surface area (Å²) in [5, 5.41) is 3.16. The number of hydrogen-bond acceptors (Lipinski definition) is 4. The molecule has 0 saturated heterocycles. The van der Waals surface area contributed by atoms with Crippen molar-refractivity contribution in [2.45, 2.75) is 6.54 Å². The Morgan fingerprint density at radius 2 is 1.94 bits per heavy atom. The maximum atomic E-state index is 5.27. The van der Waals surface area contributed by atoms with E-state index in [0.717, 1.165) is 14.9 Å². The van der Waals surface area contributed by atoms with Gasteiger partial charge in [-0.05, 0) is 28.7 Å². The number of halogens is 1. The fourth-order valence-electron chi connectivity index (χ4n) is 1.43. The number of benzene rings is 1. The van der Waals surface area contributed by atoms with Gasteiger partial charge in [0.15, 0.2) is 0 Å². The number of aromatic nitrogens is 2.